The molecule has 0 spiro atoms. The van der Waals surface area contributed by atoms with Crippen molar-refractivity contribution in [2.24, 2.45) is 0 Å². The maximum absolute atomic E-state index is 4.08. The van der Waals surface area contributed by atoms with Gasteiger partial charge in [-0.25, -0.2) is 0 Å². The molecule has 0 saturated heterocycles. The Morgan fingerprint density at radius 1 is 0.944 bits per heavy atom. The summed E-state index contributed by atoms with van der Waals surface area (Å²) in [4.78, 5) is 0. The summed E-state index contributed by atoms with van der Waals surface area (Å²) in [5.74, 6) is 0. The first-order valence-corrected chi connectivity index (χ1v) is 8.37. The van der Waals surface area contributed by atoms with Crippen LogP contribution in [0.15, 0.2) is 54.6 Å². The van der Waals surface area contributed by atoms with E-state index in [4.69, 9.17) is 0 Å². The van der Waals surface area contributed by atoms with Gasteiger partial charge < -0.3 is 0 Å². The van der Waals surface area contributed by atoms with Gasteiger partial charge in [0.1, 0.15) is 0 Å². The fourth-order valence-corrected chi connectivity index (χ4v) is 4.58. The van der Waals surface area contributed by atoms with Crippen molar-refractivity contribution < 1.29 is 0 Å². The molecule has 0 aliphatic heterocycles. The number of benzene rings is 2. The van der Waals surface area contributed by atoms with E-state index in [1.807, 2.05) is 0 Å². The van der Waals surface area contributed by atoms with Crippen molar-refractivity contribution in [3.63, 3.8) is 0 Å². The fourth-order valence-electron chi connectivity index (χ4n) is 2.83. The average Bonchev–Trinajstić information content (AvgIpc) is 2.80. The second kappa shape index (κ2) is 5.29. The quantitative estimate of drug-likeness (QED) is 0.708. The maximum Gasteiger partial charge on any atom is 0.382 e. The van der Waals surface area contributed by atoms with E-state index in [9.17, 15) is 0 Å². The van der Waals surface area contributed by atoms with E-state index in [2.05, 4.69) is 67.6 Å². The highest BCUT2D eigenvalue weighted by Crippen LogP contribution is 2.41. The number of fused-ring (bicyclic) bond motifs is 1. The molecule has 2 aromatic rings. The summed E-state index contributed by atoms with van der Waals surface area (Å²) in [6.45, 7) is 4.08. The Bertz CT molecular complexity index is 569. The van der Waals surface area contributed by atoms with E-state index in [0.717, 1.165) is 4.55 Å². The molecule has 1 unspecified atom stereocenters. The van der Waals surface area contributed by atoms with Crippen molar-refractivity contribution in [2.45, 2.75) is 8.60 Å². The van der Waals surface area contributed by atoms with Crippen LogP contribution in [0.5, 0.6) is 0 Å². The Kier molecular flexibility index (Phi) is 3.53. The predicted molar refractivity (Wildman–Crippen MR) is 79.4 cm³/mol. The lowest BCUT2D eigenvalue weighted by atomic mass is 10.0. The van der Waals surface area contributed by atoms with Crippen molar-refractivity contribution in [1.29, 1.82) is 0 Å². The van der Waals surface area contributed by atoms with Crippen LogP contribution < -0.4 is 0 Å². The van der Waals surface area contributed by atoms with Crippen LogP contribution in [0.2, 0.25) is 4.55 Å². The zero-order valence-electron chi connectivity index (χ0n) is 10.5. The van der Waals surface area contributed by atoms with Gasteiger partial charge >= 0.3 is 20.4 Å². The van der Waals surface area contributed by atoms with E-state index in [1.54, 1.807) is 0 Å². The molecule has 3 rings (SSSR count). The molecule has 1 atom stereocenters. The molecule has 0 aromatic heterocycles. The van der Waals surface area contributed by atoms with Gasteiger partial charge in [0.15, 0.2) is 0 Å². The van der Waals surface area contributed by atoms with Gasteiger partial charge in [0, 0.05) is 0 Å². The molecule has 0 saturated carbocycles. The van der Waals surface area contributed by atoms with Crippen LogP contribution in [0.4, 0.5) is 0 Å². The highest BCUT2D eigenvalue weighted by molar-refractivity contribution is 6.43. The smallest absolute Gasteiger partial charge is 0.144 e. The topological polar surface area (TPSA) is 0 Å². The van der Waals surface area contributed by atoms with Gasteiger partial charge in [0.25, 0.3) is 0 Å². The largest absolute Gasteiger partial charge is 0.382 e. The molecule has 2 aromatic carbocycles. The van der Waals surface area contributed by atoms with Gasteiger partial charge in [-0.3, -0.25) is 0 Å². The van der Waals surface area contributed by atoms with E-state index in [1.165, 1.54) is 22.3 Å². The highest BCUT2D eigenvalue weighted by atomic mass is 24.5. The molecular formula is C17H15Mg. The Morgan fingerprint density at radius 2 is 1.67 bits per heavy atom. The Balaban J connectivity index is 2.06. The lowest BCUT2D eigenvalue weighted by Crippen LogP contribution is -2.06. The lowest BCUT2D eigenvalue weighted by Gasteiger charge is -2.16. The third kappa shape index (κ3) is 2.13. The summed E-state index contributed by atoms with van der Waals surface area (Å²) in [6.07, 6.45) is 2.37. The monoisotopic (exact) mass is 243 g/mol. The standard InChI is InChI=1S/C15H11.C2H4.Mg/c1-2-6-12(7-3-1)15-10-13-8-4-5-9-14(13)11-15;1-2;/h1-11H;1-2H2;. The average molecular weight is 244 g/mol. The van der Waals surface area contributed by atoms with E-state index < -0.39 is 0 Å². The third-order valence-corrected chi connectivity index (χ3v) is 5.52. The van der Waals surface area contributed by atoms with Crippen LogP contribution in [-0.4, -0.2) is 20.4 Å². The SMILES string of the molecule is [CH2][CH2][Mg][CH]1C(c2ccccc2)=Cc2ccccc21. The van der Waals surface area contributed by atoms with Crippen LogP contribution in [0.1, 0.15) is 20.7 Å². The summed E-state index contributed by atoms with van der Waals surface area (Å²) in [6, 6.07) is 19.6. The zero-order valence-corrected chi connectivity index (χ0v) is 11.9. The first-order valence-electron chi connectivity index (χ1n) is 6.55. The first kappa shape index (κ1) is 12.0. The van der Waals surface area contributed by atoms with Crippen LogP contribution in [0.25, 0.3) is 11.6 Å². The molecule has 1 radical (unpaired) electrons. The molecule has 85 valence electrons. The Hall–Kier alpha value is -1.05. The van der Waals surface area contributed by atoms with Crippen LogP contribution in [0, 0.1) is 6.92 Å². The molecule has 0 fully saturated rings. The summed E-state index contributed by atoms with van der Waals surface area (Å²) in [5.41, 5.74) is 5.81. The van der Waals surface area contributed by atoms with Gasteiger partial charge in [0.05, 0.1) is 0 Å². The van der Waals surface area contributed by atoms with Crippen molar-refractivity contribution in [1.82, 2.24) is 0 Å². The van der Waals surface area contributed by atoms with Crippen molar-refractivity contribution in [3.05, 3.63) is 78.2 Å². The number of hydrogen-bond acceptors (Lipinski definition) is 0. The number of hydrogen-bond donors (Lipinski definition) is 0. The minimum absolute atomic E-state index is 0.181. The van der Waals surface area contributed by atoms with Gasteiger partial charge in [-0.05, 0) is 11.1 Å². The predicted octanol–water partition coefficient (Wildman–Crippen LogP) is 4.24. The molecule has 0 bridgehead atoms. The first-order chi connectivity index (χ1) is 8.90. The highest BCUT2D eigenvalue weighted by Gasteiger charge is 2.25. The lowest BCUT2D eigenvalue weighted by molar-refractivity contribution is 1.23. The molecule has 18 heavy (non-hydrogen) atoms. The zero-order chi connectivity index (χ0) is 12.4. The molecule has 1 aliphatic carbocycles. The summed E-state index contributed by atoms with van der Waals surface area (Å²) >= 11 is -0.181. The van der Waals surface area contributed by atoms with Crippen molar-refractivity contribution >= 4 is 32.0 Å². The molecule has 0 heterocycles. The molecular weight excluding hydrogens is 228 g/mol. The number of rotatable bonds is 3. The van der Waals surface area contributed by atoms with E-state index >= 15 is 0 Å². The second-order valence-electron chi connectivity index (χ2n) is 4.79. The molecule has 1 heteroatoms. The second-order valence-corrected chi connectivity index (χ2v) is 6.89. The van der Waals surface area contributed by atoms with E-state index in [-0.39, 0.29) is 20.4 Å². The molecule has 0 N–H and O–H groups in total. The van der Waals surface area contributed by atoms with Gasteiger partial charge in [-0.15, -0.1) is 4.55 Å². The minimum atomic E-state index is -0.181. The van der Waals surface area contributed by atoms with E-state index in [0.29, 0.717) is 4.05 Å². The summed E-state index contributed by atoms with van der Waals surface area (Å²) < 4.78 is 1.77. The Labute approximate surface area is 118 Å². The van der Waals surface area contributed by atoms with Crippen molar-refractivity contribution in [3.8, 4) is 0 Å². The van der Waals surface area contributed by atoms with Crippen molar-refractivity contribution in [2.75, 3.05) is 0 Å². The molecule has 0 amide bonds. The molecule has 1 aliphatic rings. The van der Waals surface area contributed by atoms with Gasteiger partial charge in [-0.1, -0.05) is 82.8 Å². The van der Waals surface area contributed by atoms with Crippen LogP contribution >= 0.6 is 0 Å². The van der Waals surface area contributed by atoms with Gasteiger partial charge in [0.2, 0.25) is 0 Å². The fraction of sp³-hybridized carbons (Fsp3) is 0.118. The summed E-state index contributed by atoms with van der Waals surface area (Å²) in [7, 11) is 0. The van der Waals surface area contributed by atoms with Gasteiger partial charge in [-0.2, -0.15) is 0 Å². The minimum Gasteiger partial charge on any atom is -0.144 e. The summed E-state index contributed by atoms with van der Waals surface area (Å²) in [5, 5.41) is 0. The van der Waals surface area contributed by atoms with Crippen LogP contribution in [0.3, 0.4) is 0 Å². The Morgan fingerprint density at radius 3 is 2.44 bits per heavy atom. The normalized spacial score (nSPS) is 16.9. The molecule has 0 nitrogen and oxygen atoms in total. The maximum atomic E-state index is 4.08. The third-order valence-electron chi connectivity index (χ3n) is 3.66. The van der Waals surface area contributed by atoms with Crippen LogP contribution in [-0.2, 0) is 0 Å². The number of allylic oxidation sites excluding steroid dienone is 1.